The first-order chi connectivity index (χ1) is 19.3. The van der Waals surface area contributed by atoms with Crippen LogP contribution in [0.5, 0.6) is 0 Å². The summed E-state index contributed by atoms with van der Waals surface area (Å²) >= 11 is 0. The van der Waals surface area contributed by atoms with Crippen LogP contribution in [0.1, 0.15) is 97.8 Å². The van der Waals surface area contributed by atoms with Crippen molar-refractivity contribution in [2.45, 2.75) is 128 Å². The first-order valence-electron chi connectivity index (χ1n) is 14.9. The summed E-state index contributed by atoms with van der Waals surface area (Å²) in [5.74, 6) is -1.08. The van der Waals surface area contributed by atoms with Crippen molar-refractivity contribution in [2.24, 2.45) is 0 Å². The Morgan fingerprint density at radius 1 is 0.775 bits per heavy atom. The van der Waals surface area contributed by atoms with Gasteiger partial charge >= 0.3 is 19.8 Å². The fourth-order valence-electron chi connectivity index (χ4n) is 4.26. The van der Waals surface area contributed by atoms with E-state index in [-0.39, 0.29) is 38.3 Å². The number of esters is 2. The minimum absolute atomic E-state index is 0.00529. The van der Waals surface area contributed by atoms with Gasteiger partial charge in [0.2, 0.25) is 0 Å². The number of carbonyl (C=O) groups excluding carboxylic acids is 2. The predicted molar refractivity (Wildman–Crippen MR) is 151 cm³/mol. The van der Waals surface area contributed by atoms with Gasteiger partial charge in [-0.3, -0.25) is 18.6 Å². The normalized spacial score (nSPS) is 24.2. The van der Waals surface area contributed by atoms with E-state index in [1.54, 1.807) is 19.1 Å². The average Bonchev–Trinajstić information content (AvgIpc) is 3.84. The Labute approximate surface area is 239 Å². The Morgan fingerprint density at radius 3 is 1.85 bits per heavy atom. The van der Waals surface area contributed by atoms with Crippen LogP contribution in [0.25, 0.3) is 0 Å². The van der Waals surface area contributed by atoms with Crippen molar-refractivity contribution in [3.8, 4) is 0 Å². The van der Waals surface area contributed by atoms with Gasteiger partial charge in [-0.25, -0.2) is 4.57 Å². The molecule has 0 aliphatic carbocycles. The van der Waals surface area contributed by atoms with E-state index in [1.807, 2.05) is 12.2 Å². The van der Waals surface area contributed by atoms with Crippen molar-refractivity contribution in [3.05, 3.63) is 24.3 Å². The average molecular weight is 589 g/mol. The zero-order valence-electron chi connectivity index (χ0n) is 24.4. The molecule has 2 aliphatic heterocycles. The lowest BCUT2D eigenvalue weighted by atomic mass is 10.1. The van der Waals surface area contributed by atoms with Gasteiger partial charge in [0.05, 0.1) is 50.5 Å². The molecule has 0 bridgehead atoms. The van der Waals surface area contributed by atoms with Gasteiger partial charge in [0.25, 0.3) is 0 Å². The number of hydrogen-bond acceptors (Lipinski definition) is 9. The van der Waals surface area contributed by atoms with Crippen LogP contribution >= 0.6 is 7.82 Å². The number of phosphoric acid groups is 1. The summed E-state index contributed by atoms with van der Waals surface area (Å²) < 4.78 is 43.3. The molecule has 2 heterocycles. The molecule has 0 aromatic rings. The Morgan fingerprint density at radius 2 is 1.32 bits per heavy atom. The third-order valence-corrected chi connectivity index (χ3v) is 7.70. The molecule has 230 valence electrons. The van der Waals surface area contributed by atoms with Crippen LogP contribution in [0, 0.1) is 0 Å². The first-order valence-corrected chi connectivity index (χ1v) is 16.3. The second-order valence-electron chi connectivity index (χ2n) is 10.2. The van der Waals surface area contributed by atoms with E-state index >= 15 is 0 Å². The van der Waals surface area contributed by atoms with E-state index in [4.69, 9.17) is 23.5 Å². The van der Waals surface area contributed by atoms with Crippen molar-refractivity contribution < 1.29 is 47.0 Å². The van der Waals surface area contributed by atoms with Crippen LogP contribution in [0.2, 0.25) is 0 Å². The molecule has 6 unspecified atom stereocenters. The minimum atomic E-state index is -4.31. The summed E-state index contributed by atoms with van der Waals surface area (Å²) in [5.41, 5.74) is 0. The highest BCUT2D eigenvalue weighted by Crippen LogP contribution is 2.43. The molecule has 0 amide bonds. The van der Waals surface area contributed by atoms with Gasteiger partial charge in [0.15, 0.2) is 6.10 Å². The van der Waals surface area contributed by atoms with Gasteiger partial charge in [-0.15, -0.1) is 0 Å². The summed E-state index contributed by atoms with van der Waals surface area (Å²) in [5, 5.41) is 0. The van der Waals surface area contributed by atoms with Crippen LogP contribution in [0.4, 0.5) is 0 Å². The summed E-state index contributed by atoms with van der Waals surface area (Å²) in [6.07, 6.45) is 18.0. The second kappa shape index (κ2) is 19.5. The van der Waals surface area contributed by atoms with Crippen LogP contribution in [-0.2, 0) is 42.1 Å². The van der Waals surface area contributed by atoms with E-state index in [0.717, 1.165) is 32.1 Å². The monoisotopic (exact) mass is 588 g/mol. The van der Waals surface area contributed by atoms with E-state index in [2.05, 4.69) is 18.4 Å². The minimum Gasteiger partial charge on any atom is -0.461 e. The second-order valence-corrected chi connectivity index (χ2v) is 11.7. The Bertz CT molecular complexity index is 845. The zero-order valence-corrected chi connectivity index (χ0v) is 25.3. The zero-order chi connectivity index (χ0) is 29.2. The van der Waals surface area contributed by atoms with Crippen LogP contribution in [-0.4, -0.2) is 67.2 Å². The smallest absolute Gasteiger partial charge is 0.461 e. The van der Waals surface area contributed by atoms with Gasteiger partial charge in [0.1, 0.15) is 6.61 Å². The maximum atomic E-state index is 12.4. The molecule has 0 saturated carbocycles. The van der Waals surface area contributed by atoms with Crippen molar-refractivity contribution in [1.29, 1.82) is 0 Å². The van der Waals surface area contributed by atoms with Crippen molar-refractivity contribution in [2.75, 3.05) is 19.8 Å². The molecule has 2 rings (SSSR count). The predicted octanol–water partition coefficient (Wildman–Crippen LogP) is 5.96. The maximum Gasteiger partial charge on any atom is 0.472 e. The Hall–Kier alpha value is -1.55. The quantitative estimate of drug-likeness (QED) is 0.0473. The molecule has 2 fully saturated rings. The third-order valence-electron chi connectivity index (χ3n) is 6.64. The van der Waals surface area contributed by atoms with E-state index < -0.39 is 32.5 Å². The number of phosphoric ester groups is 1. The van der Waals surface area contributed by atoms with E-state index in [0.29, 0.717) is 12.2 Å². The summed E-state index contributed by atoms with van der Waals surface area (Å²) in [7, 11) is -4.31. The lowest BCUT2D eigenvalue weighted by molar-refractivity contribution is -0.160. The SMILES string of the molecule is CCCCCC1OC1C/C=C/CC(=O)OCC(COP(=O)(O)OCC)OC(=O)C/C=C/CC1OC1CCCCC. The van der Waals surface area contributed by atoms with E-state index in [1.165, 1.54) is 32.1 Å². The molecule has 2 aliphatic rings. The van der Waals surface area contributed by atoms with Gasteiger partial charge in [-0.2, -0.15) is 0 Å². The van der Waals surface area contributed by atoms with Crippen molar-refractivity contribution in [1.82, 2.24) is 0 Å². The van der Waals surface area contributed by atoms with Crippen molar-refractivity contribution in [3.63, 3.8) is 0 Å². The fourth-order valence-corrected chi connectivity index (χ4v) is 5.02. The molecule has 0 radical (unpaired) electrons. The molecular weight excluding hydrogens is 539 g/mol. The van der Waals surface area contributed by atoms with Crippen LogP contribution in [0.3, 0.4) is 0 Å². The largest absolute Gasteiger partial charge is 0.472 e. The van der Waals surface area contributed by atoms with Gasteiger partial charge in [-0.1, -0.05) is 76.7 Å². The van der Waals surface area contributed by atoms with Crippen LogP contribution in [0.15, 0.2) is 24.3 Å². The van der Waals surface area contributed by atoms with Gasteiger partial charge in [0, 0.05) is 0 Å². The molecule has 0 spiro atoms. The summed E-state index contributed by atoms with van der Waals surface area (Å²) in [6.45, 7) is 5.09. The molecule has 1 N–H and O–H groups in total. The molecule has 0 aromatic carbocycles. The molecule has 40 heavy (non-hydrogen) atoms. The molecule has 6 atom stereocenters. The summed E-state index contributed by atoms with van der Waals surface area (Å²) in [4.78, 5) is 34.2. The Kier molecular flexibility index (Phi) is 16.9. The lowest BCUT2D eigenvalue weighted by Gasteiger charge is -2.19. The fraction of sp³-hybridized carbons (Fsp3) is 0.793. The maximum absolute atomic E-state index is 12.4. The standard InChI is InChI=1S/C29H49O10P/c1-4-7-9-15-24-26(38-24)17-11-13-19-28(30)34-21-23(22-36-40(32,33)35-6-3)37-29(31)20-14-12-18-27-25(39-27)16-10-8-5-2/h11-14,23-27H,4-10,15-22H2,1-3H3,(H,32,33)/b13-11+,14-12+. The molecule has 2 saturated heterocycles. The van der Waals surface area contributed by atoms with Crippen molar-refractivity contribution >= 4 is 19.8 Å². The number of carbonyl (C=O) groups is 2. The highest BCUT2D eigenvalue weighted by Gasteiger charge is 2.37. The molecular formula is C29H49O10P. The number of epoxide rings is 2. The first kappa shape index (κ1) is 34.7. The van der Waals surface area contributed by atoms with Crippen LogP contribution < -0.4 is 0 Å². The number of rotatable bonds is 24. The number of unbranched alkanes of at least 4 members (excludes halogenated alkanes) is 4. The molecule has 10 nitrogen and oxygen atoms in total. The molecule has 0 aromatic heterocycles. The summed E-state index contributed by atoms with van der Waals surface area (Å²) in [6, 6.07) is 0. The highest BCUT2D eigenvalue weighted by molar-refractivity contribution is 7.47. The Balaban J connectivity index is 1.69. The topological polar surface area (TPSA) is 133 Å². The lowest BCUT2D eigenvalue weighted by Crippen LogP contribution is -2.29. The van der Waals surface area contributed by atoms with Gasteiger partial charge in [-0.05, 0) is 32.6 Å². The number of hydrogen-bond donors (Lipinski definition) is 1. The highest BCUT2D eigenvalue weighted by atomic mass is 31.2. The van der Waals surface area contributed by atoms with E-state index in [9.17, 15) is 19.0 Å². The van der Waals surface area contributed by atoms with Gasteiger partial charge < -0.3 is 23.8 Å². The third kappa shape index (κ3) is 16.0. The molecule has 11 heteroatoms. The number of ether oxygens (including phenoxy) is 4.